The fourth-order valence-electron chi connectivity index (χ4n) is 4.04. The van der Waals surface area contributed by atoms with Crippen molar-refractivity contribution in [2.45, 2.75) is 76.6 Å². The molecule has 2 fully saturated rings. The normalized spacial score (nSPS) is 33.5. The molecule has 8 heteroatoms. The van der Waals surface area contributed by atoms with Crippen molar-refractivity contribution in [3.63, 3.8) is 0 Å². The number of aromatic amines is 1. The minimum absolute atomic E-state index is 0.0754. The minimum Gasteiger partial charge on any atom is -0.462 e. The van der Waals surface area contributed by atoms with Crippen molar-refractivity contribution < 1.29 is 13.9 Å². The molecule has 1 aromatic rings. The Labute approximate surface area is 147 Å². The number of esters is 1. The zero-order valence-electron chi connectivity index (χ0n) is 15.0. The summed E-state index contributed by atoms with van der Waals surface area (Å²) in [6.45, 7) is 4.66. The van der Waals surface area contributed by atoms with Gasteiger partial charge in [-0.05, 0) is 63.8 Å². The van der Waals surface area contributed by atoms with E-state index in [-0.39, 0.29) is 24.0 Å². The van der Waals surface area contributed by atoms with E-state index >= 15 is 4.39 Å². The number of H-pyrrole nitrogens is 1. The minimum atomic E-state index is -1.20. The first-order valence-electron chi connectivity index (χ1n) is 9.34. The molecule has 5 atom stereocenters. The van der Waals surface area contributed by atoms with E-state index in [1.54, 1.807) is 0 Å². The smallest absolute Gasteiger partial charge is 0.323 e. The average Bonchev–Trinajstić information content (AvgIpc) is 3.13. The lowest BCUT2D eigenvalue weighted by atomic mass is 9.67. The number of aryl methyl sites for hydroxylation is 1. The van der Waals surface area contributed by atoms with Crippen molar-refractivity contribution in [1.82, 2.24) is 25.9 Å². The summed E-state index contributed by atoms with van der Waals surface area (Å²) in [5.74, 6) is 1.02. The highest BCUT2D eigenvalue weighted by Gasteiger charge is 2.44. The molecule has 1 saturated carbocycles. The van der Waals surface area contributed by atoms with Gasteiger partial charge in [-0.2, -0.15) is 5.21 Å². The van der Waals surface area contributed by atoms with Crippen LogP contribution in [0.4, 0.5) is 4.39 Å². The summed E-state index contributed by atoms with van der Waals surface area (Å²) in [7, 11) is 0. The van der Waals surface area contributed by atoms with Gasteiger partial charge in [-0.25, -0.2) is 4.39 Å². The molecule has 2 unspecified atom stereocenters. The maximum Gasteiger partial charge on any atom is 0.323 e. The third-order valence-electron chi connectivity index (χ3n) is 5.79. The molecule has 3 rings (SSSR count). The predicted molar refractivity (Wildman–Crippen MR) is 89.4 cm³/mol. The fourth-order valence-corrected chi connectivity index (χ4v) is 4.04. The number of aromatic nitrogens is 4. The van der Waals surface area contributed by atoms with Crippen LogP contribution in [0, 0.1) is 11.8 Å². The Kier molecular flexibility index (Phi) is 5.66. The zero-order valence-corrected chi connectivity index (χ0v) is 15.0. The Morgan fingerprint density at radius 1 is 1.48 bits per heavy atom. The Bertz CT molecular complexity index is 569. The van der Waals surface area contributed by atoms with E-state index in [0.717, 1.165) is 19.4 Å². The molecule has 1 aliphatic heterocycles. The molecule has 1 saturated heterocycles. The van der Waals surface area contributed by atoms with E-state index in [4.69, 9.17) is 4.74 Å². The van der Waals surface area contributed by atoms with Crippen molar-refractivity contribution in [3.8, 4) is 0 Å². The van der Waals surface area contributed by atoms with Crippen LogP contribution in [0.3, 0.4) is 0 Å². The molecular formula is C17H28FN5O2. The molecule has 2 N–H and O–H groups in total. The quantitative estimate of drug-likeness (QED) is 0.760. The van der Waals surface area contributed by atoms with Crippen LogP contribution in [0.25, 0.3) is 0 Å². The number of carbonyl (C=O) groups excluding carboxylic acids is 1. The van der Waals surface area contributed by atoms with Crippen molar-refractivity contribution in [2.75, 3.05) is 6.54 Å². The SMILES string of the molecule is CC[C@H](C)OC(=O)[C@@H]1CC2C[C@@](F)(CCc3nn[nH]n3)CCC2CN1. The summed E-state index contributed by atoms with van der Waals surface area (Å²) >= 11 is 0. The van der Waals surface area contributed by atoms with E-state index in [9.17, 15) is 4.79 Å². The van der Waals surface area contributed by atoms with Crippen molar-refractivity contribution in [2.24, 2.45) is 11.8 Å². The van der Waals surface area contributed by atoms with Crippen LogP contribution in [0.1, 0.15) is 58.2 Å². The van der Waals surface area contributed by atoms with Gasteiger partial charge in [0.1, 0.15) is 11.7 Å². The first-order valence-corrected chi connectivity index (χ1v) is 9.34. The molecule has 1 aromatic heterocycles. The van der Waals surface area contributed by atoms with Gasteiger partial charge in [0.05, 0.1) is 6.10 Å². The second-order valence-corrected chi connectivity index (χ2v) is 7.59. The lowest BCUT2D eigenvalue weighted by Gasteiger charge is -2.44. The number of hydrogen-bond donors (Lipinski definition) is 2. The molecule has 2 aliphatic rings. The summed E-state index contributed by atoms with van der Waals surface area (Å²) in [5, 5.41) is 17.0. The number of hydrogen-bond acceptors (Lipinski definition) is 6. The van der Waals surface area contributed by atoms with Crippen molar-refractivity contribution >= 4 is 5.97 Å². The fraction of sp³-hybridized carbons (Fsp3) is 0.882. The van der Waals surface area contributed by atoms with Crippen LogP contribution in [-0.4, -0.2) is 51.0 Å². The number of ether oxygens (including phenoxy) is 1. The van der Waals surface area contributed by atoms with Crippen LogP contribution in [0.5, 0.6) is 0 Å². The number of nitrogens with one attached hydrogen (secondary N) is 2. The van der Waals surface area contributed by atoms with Crippen LogP contribution in [0.2, 0.25) is 0 Å². The monoisotopic (exact) mass is 353 g/mol. The van der Waals surface area contributed by atoms with Gasteiger partial charge in [0.25, 0.3) is 0 Å². The van der Waals surface area contributed by atoms with Crippen LogP contribution < -0.4 is 5.32 Å². The highest BCUT2D eigenvalue weighted by atomic mass is 19.1. The molecular weight excluding hydrogens is 325 g/mol. The van der Waals surface area contributed by atoms with Crippen molar-refractivity contribution in [3.05, 3.63) is 5.82 Å². The molecule has 0 radical (unpaired) electrons. The van der Waals surface area contributed by atoms with Gasteiger partial charge in [0.15, 0.2) is 5.82 Å². The molecule has 7 nitrogen and oxygen atoms in total. The van der Waals surface area contributed by atoms with Crippen LogP contribution >= 0.6 is 0 Å². The van der Waals surface area contributed by atoms with Gasteiger partial charge < -0.3 is 10.1 Å². The molecule has 140 valence electrons. The molecule has 0 bridgehead atoms. The average molecular weight is 353 g/mol. The van der Waals surface area contributed by atoms with E-state index in [0.29, 0.717) is 43.8 Å². The topological polar surface area (TPSA) is 92.8 Å². The van der Waals surface area contributed by atoms with Crippen molar-refractivity contribution in [1.29, 1.82) is 0 Å². The van der Waals surface area contributed by atoms with E-state index < -0.39 is 5.67 Å². The number of alkyl halides is 1. The van der Waals surface area contributed by atoms with Crippen LogP contribution in [0.15, 0.2) is 0 Å². The largest absolute Gasteiger partial charge is 0.462 e. The molecule has 1 aliphatic carbocycles. The highest BCUT2D eigenvalue weighted by Crippen LogP contribution is 2.44. The first-order chi connectivity index (χ1) is 12.0. The number of nitrogens with zero attached hydrogens (tertiary/aromatic N) is 3. The summed E-state index contributed by atoms with van der Waals surface area (Å²) in [6.07, 6.45) is 4.21. The van der Waals surface area contributed by atoms with Crippen LogP contribution in [-0.2, 0) is 16.0 Å². The molecule has 0 amide bonds. The van der Waals surface area contributed by atoms with E-state index in [1.165, 1.54) is 0 Å². The lowest BCUT2D eigenvalue weighted by Crippen LogP contribution is -2.52. The Morgan fingerprint density at radius 2 is 2.32 bits per heavy atom. The zero-order chi connectivity index (χ0) is 17.9. The highest BCUT2D eigenvalue weighted by molar-refractivity contribution is 5.76. The second-order valence-electron chi connectivity index (χ2n) is 7.59. The number of halogens is 1. The number of rotatable bonds is 6. The second kappa shape index (κ2) is 7.76. The van der Waals surface area contributed by atoms with Gasteiger partial charge >= 0.3 is 5.97 Å². The van der Waals surface area contributed by atoms with Gasteiger partial charge in [0.2, 0.25) is 0 Å². The van der Waals surface area contributed by atoms with Gasteiger partial charge in [-0.3, -0.25) is 4.79 Å². The molecule has 25 heavy (non-hydrogen) atoms. The standard InChI is InChI=1S/C17H28FN5O2/c1-3-11(2)25-16(24)14-8-13-9-17(18,6-4-12(13)10-19-14)7-5-15-20-22-23-21-15/h11-14,19H,3-10H2,1-2H3,(H,20,21,22,23)/t11-,12?,13?,14-,17-/m0/s1. The molecule has 0 aromatic carbocycles. The van der Waals surface area contributed by atoms with E-state index in [1.807, 2.05) is 13.8 Å². The van der Waals surface area contributed by atoms with Gasteiger partial charge in [-0.15, -0.1) is 10.2 Å². The summed E-state index contributed by atoms with van der Waals surface area (Å²) < 4.78 is 20.8. The third-order valence-corrected chi connectivity index (χ3v) is 5.79. The number of fused-ring (bicyclic) bond motifs is 1. The predicted octanol–water partition coefficient (Wildman–Crippen LogP) is 1.96. The number of carbonyl (C=O) groups is 1. The Hall–Kier alpha value is -1.57. The Morgan fingerprint density at radius 3 is 3.04 bits per heavy atom. The molecule has 2 heterocycles. The Balaban J connectivity index is 1.55. The van der Waals surface area contributed by atoms with Gasteiger partial charge in [0, 0.05) is 6.42 Å². The molecule has 0 spiro atoms. The summed E-state index contributed by atoms with van der Waals surface area (Å²) in [5.41, 5.74) is -1.20. The maximum absolute atomic E-state index is 15.3. The van der Waals surface area contributed by atoms with Gasteiger partial charge in [-0.1, -0.05) is 12.1 Å². The summed E-state index contributed by atoms with van der Waals surface area (Å²) in [4.78, 5) is 12.3. The maximum atomic E-state index is 15.3. The first kappa shape index (κ1) is 18.2. The number of tetrazole rings is 1. The third kappa shape index (κ3) is 4.54. The lowest BCUT2D eigenvalue weighted by molar-refractivity contribution is -0.153. The number of piperidine rings is 1. The summed E-state index contributed by atoms with van der Waals surface area (Å²) in [6, 6.07) is -0.310. The van der Waals surface area contributed by atoms with E-state index in [2.05, 4.69) is 25.9 Å².